The molecule has 1 saturated heterocycles. The van der Waals surface area contributed by atoms with Crippen molar-refractivity contribution in [2.75, 3.05) is 13.1 Å². The van der Waals surface area contributed by atoms with Crippen molar-refractivity contribution in [3.8, 4) is 5.75 Å². The summed E-state index contributed by atoms with van der Waals surface area (Å²) < 4.78 is 0. The fourth-order valence-corrected chi connectivity index (χ4v) is 5.87. The molecule has 1 aromatic rings. The number of aliphatic imine (C=N–C) groups is 1. The van der Waals surface area contributed by atoms with Crippen LogP contribution in [0, 0.1) is 17.8 Å². The first-order chi connectivity index (χ1) is 16.2. The molecule has 178 valence electrons. The number of aliphatic hydroxyl groups is 2. The van der Waals surface area contributed by atoms with E-state index in [9.17, 15) is 29.7 Å². The van der Waals surface area contributed by atoms with Gasteiger partial charge in [-0.3, -0.25) is 14.4 Å². The summed E-state index contributed by atoms with van der Waals surface area (Å²) in [5.74, 6) is -5.21. The Morgan fingerprint density at radius 2 is 1.76 bits per heavy atom. The second-order valence-electron chi connectivity index (χ2n) is 9.37. The van der Waals surface area contributed by atoms with Gasteiger partial charge in [0.2, 0.25) is 0 Å². The number of Topliss-reactive ketones (excluding diaryl/α,β-unsaturated/α-hetero) is 2. The number of likely N-dealkylation sites (tertiary alicyclic amines) is 1. The molecular weight excluding hydrogens is 440 g/mol. The molecule has 1 saturated carbocycles. The highest BCUT2D eigenvalue weighted by molar-refractivity contribution is 6.21. The summed E-state index contributed by atoms with van der Waals surface area (Å²) in [7, 11) is 0. The van der Waals surface area contributed by atoms with Crippen molar-refractivity contribution >= 4 is 34.9 Å². The van der Waals surface area contributed by atoms with E-state index in [1.54, 1.807) is 6.07 Å². The first-order valence-corrected chi connectivity index (χ1v) is 11.4. The first-order valence-electron chi connectivity index (χ1n) is 11.4. The molecule has 1 amide bonds. The number of carbonyl (C=O) groups excluding carboxylic acids is 3. The van der Waals surface area contributed by atoms with Gasteiger partial charge in [0.15, 0.2) is 17.5 Å². The highest BCUT2D eigenvalue weighted by atomic mass is 16.3. The average Bonchev–Trinajstić information content (AvgIpc) is 3.30. The Bertz CT molecular complexity index is 1220. The predicted molar refractivity (Wildman–Crippen MR) is 122 cm³/mol. The molecule has 1 heterocycles. The fourth-order valence-electron chi connectivity index (χ4n) is 5.87. The number of aliphatic hydroxyl groups excluding tert-OH is 2. The van der Waals surface area contributed by atoms with Crippen LogP contribution in [0.3, 0.4) is 0 Å². The number of nitrogens with zero attached hydrogens (tertiary/aromatic N) is 2. The van der Waals surface area contributed by atoms with Crippen molar-refractivity contribution in [2.45, 2.75) is 32.1 Å². The van der Waals surface area contributed by atoms with Crippen LogP contribution in [-0.2, 0) is 20.8 Å². The minimum atomic E-state index is -1.13. The molecule has 3 unspecified atom stereocenters. The maximum absolute atomic E-state index is 13.4. The number of primary amides is 1. The molecule has 1 aliphatic heterocycles. The van der Waals surface area contributed by atoms with Crippen LogP contribution < -0.4 is 11.5 Å². The summed E-state index contributed by atoms with van der Waals surface area (Å²) in [6.45, 7) is 1.62. The minimum absolute atomic E-state index is 0.0717. The lowest BCUT2D eigenvalue weighted by Crippen LogP contribution is -2.44. The summed E-state index contributed by atoms with van der Waals surface area (Å²) in [6, 6.07) is 3.02. The maximum atomic E-state index is 13.4. The SMILES string of the molecule is NC(=O)C1=C(O)C2C(=O)C3=C(O)c4c(O)ccc(N=C(N)N5CCCC5)c4CC3CC2CC1=O. The molecule has 3 atom stereocenters. The summed E-state index contributed by atoms with van der Waals surface area (Å²) >= 11 is 0. The van der Waals surface area contributed by atoms with E-state index in [4.69, 9.17) is 11.5 Å². The number of fused-ring (bicyclic) bond motifs is 3. The predicted octanol–water partition coefficient (Wildman–Crippen LogP) is 1.35. The molecule has 10 nitrogen and oxygen atoms in total. The Hall–Kier alpha value is -3.82. The summed E-state index contributed by atoms with van der Waals surface area (Å²) in [5.41, 5.74) is 12.1. The number of hydrogen-bond donors (Lipinski definition) is 5. The highest BCUT2D eigenvalue weighted by Gasteiger charge is 2.51. The van der Waals surface area contributed by atoms with E-state index in [0.29, 0.717) is 30.1 Å². The van der Waals surface area contributed by atoms with Gasteiger partial charge in [0.05, 0.1) is 17.2 Å². The summed E-state index contributed by atoms with van der Waals surface area (Å²) in [4.78, 5) is 44.1. The van der Waals surface area contributed by atoms with Gasteiger partial charge < -0.3 is 31.7 Å². The second-order valence-corrected chi connectivity index (χ2v) is 9.37. The summed E-state index contributed by atoms with van der Waals surface area (Å²) in [5, 5.41) is 32.3. The Labute approximate surface area is 195 Å². The molecule has 1 aromatic carbocycles. The van der Waals surface area contributed by atoms with Crippen LogP contribution in [0.5, 0.6) is 5.75 Å². The van der Waals surface area contributed by atoms with Crippen LogP contribution in [0.15, 0.2) is 34.0 Å². The van der Waals surface area contributed by atoms with E-state index in [1.165, 1.54) is 6.07 Å². The van der Waals surface area contributed by atoms with Gasteiger partial charge in [0.25, 0.3) is 5.91 Å². The maximum Gasteiger partial charge on any atom is 0.255 e. The molecule has 10 heteroatoms. The van der Waals surface area contributed by atoms with Crippen LogP contribution in [0.1, 0.15) is 36.8 Å². The van der Waals surface area contributed by atoms with Gasteiger partial charge in [0.1, 0.15) is 22.8 Å². The molecule has 0 aromatic heterocycles. The largest absolute Gasteiger partial charge is 0.511 e. The average molecular weight is 466 g/mol. The number of rotatable bonds is 2. The van der Waals surface area contributed by atoms with Crippen molar-refractivity contribution in [1.82, 2.24) is 4.90 Å². The van der Waals surface area contributed by atoms with Crippen LogP contribution in [0.4, 0.5) is 5.69 Å². The molecule has 7 N–H and O–H groups in total. The fraction of sp³-hybridized carbons (Fsp3) is 0.417. The van der Waals surface area contributed by atoms with E-state index in [-0.39, 0.29) is 29.1 Å². The van der Waals surface area contributed by atoms with Gasteiger partial charge in [0, 0.05) is 25.1 Å². The molecular formula is C24H26N4O6. The normalized spacial score (nSPS) is 27.0. The molecule has 0 radical (unpaired) electrons. The van der Waals surface area contributed by atoms with Gasteiger partial charge in [-0.1, -0.05) is 0 Å². The number of ketones is 2. The molecule has 34 heavy (non-hydrogen) atoms. The van der Waals surface area contributed by atoms with E-state index in [1.807, 2.05) is 4.90 Å². The minimum Gasteiger partial charge on any atom is -0.511 e. The van der Waals surface area contributed by atoms with Crippen molar-refractivity contribution in [3.05, 3.63) is 40.2 Å². The Morgan fingerprint density at radius 1 is 1.06 bits per heavy atom. The zero-order valence-electron chi connectivity index (χ0n) is 18.5. The third-order valence-corrected chi connectivity index (χ3v) is 7.41. The van der Waals surface area contributed by atoms with Crippen LogP contribution in [0.2, 0.25) is 0 Å². The molecule has 5 rings (SSSR count). The summed E-state index contributed by atoms with van der Waals surface area (Å²) in [6.07, 6.45) is 2.59. The zero-order valence-corrected chi connectivity index (χ0v) is 18.5. The highest BCUT2D eigenvalue weighted by Crippen LogP contribution is 2.51. The molecule has 3 aliphatic carbocycles. The lowest BCUT2D eigenvalue weighted by atomic mass is 9.61. The van der Waals surface area contributed by atoms with Crippen LogP contribution >= 0.6 is 0 Å². The van der Waals surface area contributed by atoms with Crippen molar-refractivity contribution in [3.63, 3.8) is 0 Å². The first kappa shape index (κ1) is 22.0. The van der Waals surface area contributed by atoms with Gasteiger partial charge in [-0.15, -0.1) is 0 Å². The number of carbonyl (C=O) groups is 3. The molecule has 4 aliphatic rings. The number of allylic oxidation sites excluding steroid dienone is 2. The Morgan fingerprint density at radius 3 is 2.44 bits per heavy atom. The van der Waals surface area contributed by atoms with Gasteiger partial charge in [-0.2, -0.15) is 0 Å². The number of hydrogen-bond acceptors (Lipinski definition) is 7. The van der Waals surface area contributed by atoms with Crippen LogP contribution in [-0.4, -0.2) is 56.7 Å². The van der Waals surface area contributed by atoms with Gasteiger partial charge >= 0.3 is 0 Å². The van der Waals surface area contributed by atoms with Gasteiger partial charge in [-0.25, -0.2) is 4.99 Å². The molecule has 0 spiro atoms. The number of nitrogens with two attached hydrogens (primary N) is 2. The van der Waals surface area contributed by atoms with E-state index in [2.05, 4.69) is 4.99 Å². The van der Waals surface area contributed by atoms with Gasteiger partial charge in [-0.05, 0) is 55.2 Å². The smallest absolute Gasteiger partial charge is 0.255 e. The van der Waals surface area contributed by atoms with E-state index in [0.717, 1.165) is 25.9 Å². The van der Waals surface area contributed by atoms with Crippen molar-refractivity contribution in [1.29, 1.82) is 0 Å². The number of phenolic OH excluding ortho intramolecular Hbond substituents is 1. The number of guanidine groups is 1. The van der Waals surface area contributed by atoms with E-state index < -0.39 is 46.6 Å². The topological polar surface area (TPSA) is 180 Å². The van der Waals surface area contributed by atoms with E-state index >= 15 is 0 Å². The standard InChI is InChI=1S/C24H26N4O6/c25-23(34)19-15(30)9-11-7-10-8-12-13(27-24(26)28-5-1-2-6-28)3-4-14(29)18(12)21(32)16(10)20(31)17(11)22(19)33/h3-4,10-11,17,29,32-33H,1-2,5-9H2,(H2,25,34)(H2,26,27). The Balaban J connectivity index is 1.60. The third-order valence-electron chi connectivity index (χ3n) is 7.41. The number of benzene rings is 1. The lowest BCUT2D eigenvalue weighted by molar-refractivity contribution is -0.127. The molecule has 0 bridgehead atoms. The lowest BCUT2D eigenvalue weighted by Gasteiger charge is -2.41. The van der Waals surface area contributed by atoms with Crippen LogP contribution in [0.25, 0.3) is 5.76 Å². The monoisotopic (exact) mass is 466 g/mol. The number of amides is 1. The quantitative estimate of drug-likeness (QED) is 0.246. The molecule has 2 fully saturated rings. The van der Waals surface area contributed by atoms with Crippen molar-refractivity contribution < 1.29 is 29.7 Å². The van der Waals surface area contributed by atoms with Crippen molar-refractivity contribution in [2.24, 2.45) is 34.2 Å². The number of phenols is 1. The second kappa shape index (κ2) is 7.89. The Kier molecular flexibility index (Phi) is 5.11. The zero-order chi connectivity index (χ0) is 24.3. The third kappa shape index (κ3) is 3.24. The number of aromatic hydroxyl groups is 1.